The van der Waals surface area contributed by atoms with E-state index >= 15 is 0 Å². The van der Waals surface area contributed by atoms with Crippen LogP contribution in [0.25, 0.3) is 0 Å². The maximum absolute atomic E-state index is 12.0. The van der Waals surface area contributed by atoms with Gasteiger partial charge in [-0.05, 0) is 18.1 Å². The third kappa shape index (κ3) is 2.73. The van der Waals surface area contributed by atoms with Crippen LogP contribution in [-0.4, -0.2) is 34.2 Å². The first-order valence-corrected chi connectivity index (χ1v) is 6.57. The van der Waals surface area contributed by atoms with Gasteiger partial charge >= 0.3 is 5.97 Å². The van der Waals surface area contributed by atoms with E-state index in [-0.39, 0.29) is 5.56 Å². The Morgan fingerprint density at radius 2 is 2.15 bits per heavy atom. The van der Waals surface area contributed by atoms with Crippen LogP contribution in [0.1, 0.15) is 23.7 Å². The average Bonchev–Trinajstić information content (AvgIpc) is 2.50. The first-order chi connectivity index (χ1) is 9.61. The van der Waals surface area contributed by atoms with Gasteiger partial charge in [-0.3, -0.25) is 0 Å². The van der Waals surface area contributed by atoms with E-state index in [4.69, 9.17) is 21.1 Å². The molecule has 5 nitrogen and oxygen atoms in total. The molecule has 0 saturated heterocycles. The molecule has 0 amide bonds. The number of carbonyl (C=O) groups is 1. The van der Waals surface area contributed by atoms with E-state index < -0.39 is 17.1 Å². The number of hydrogen-bond donors (Lipinski definition) is 0. The molecule has 106 valence electrons. The van der Waals surface area contributed by atoms with Gasteiger partial charge in [0.25, 0.3) is 0 Å². The summed E-state index contributed by atoms with van der Waals surface area (Å²) in [6.45, 7) is 1.96. The maximum Gasteiger partial charge on any atom is 0.342 e. The standard InChI is InChI=1S/C14H15ClN2O3/c1-3-11-5-4-6-12(14(11,15)19-2)20-13(18)10-7-16-9-17-8-10/h4-9,12H,3H2,1-2H3. The van der Waals surface area contributed by atoms with Gasteiger partial charge in [0.15, 0.2) is 6.10 Å². The van der Waals surface area contributed by atoms with Crippen LogP contribution in [0.5, 0.6) is 0 Å². The minimum absolute atomic E-state index is 0.267. The number of ether oxygens (including phenoxy) is 2. The molecule has 6 heteroatoms. The Labute approximate surface area is 122 Å². The van der Waals surface area contributed by atoms with Crippen molar-refractivity contribution in [2.45, 2.75) is 24.5 Å². The molecule has 1 aliphatic carbocycles. The van der Waals surface area contributed by atoms with Crippen molar-refractivity contribution in [3.8, 4) is 0 Å². The molecule has 1 aromatic heterocycles. The molecule has 0 fully saturated rings. The molecule has 0 N–H and O–H groups in total. The van der Waals surface area contributed by atoms with E-state index in [1.165, 1.54) is 25.8 Å². The first kappa shape index (κ1) is 14.7. The van der Waals surface area contributed by atoms with Crippen LogP contribution < -0.4 is 0 Å². The predicted molar refractivity (Wildman–Crippen MR) is 74.3 cm³/mol. The van der Waals surface area contributed by atoms with Crippen LogP contribution >= 0.6 is 11.6 Å². The summed E-state index contributed by atoms with van der Waals surface area (Å²) >= 11 is 6.47. The van der Waals surface area contributed by atoms with Crippen LogP contribution in [0, 0.1) is 0 Å². The van der Waals surface area contributed by atoms with Crippen LogP contribution in [0.2, 0.25) is 0 Å². The van der Waals surface area contributed by atoms with Crippen molar-refractivity contribution in [2.24, 2.45) is 0 Å². The molecule has 0 aliphatic heterocycles. The second kappa shape index (κ2) is 6.15. The molecule has 0 saturated carbocycles. The van der Waals surface area contributed by atoms with Crippen molar-refractivity contribution < 1.29 is 14.3 Å². The summed E-state index contributed by atoms with van der Waals surface area (Å²) in [6.07, 6.45) is 9.48. The highest BCUT2D eigenvalue weighted by Gasteiger charge is 2.42. The molecular formula is C14H15ClN2O3. The molecule has 2 atom stereocenters. The predicted octanol–water partition coefficient (Wildman–Crippen LogP) is 2.49. The molecule has 1 aliphatic rings. The lowest BCUT2D eigenvalue weighted by atomic mass is 9.96. The summed E-state index contributed by atoms with van der Waals surface area (Å²) in [7, 11) is 1.49. The quantitative estimate of drug-likeness (QED) is 0.631. The van der Waals surface area contributed by atoms with E-state index in [1.54, 1.807) is 12.2 Å². The van der Waals surface area contributed by atoms with E-state index in [2.05, 4.69) is 9.97 Å². The van der Waals surface area contributed by atoms with E-state index in [0.29, 0.717) is 6.42 Å². The van der Waals surface area contributed by atoms with Gasteiger partial charge in [0, 0.05) is 19.5 Å². The highest BCUT2D eigenvalue weighted by molar-refractivity contribution is 6.25. The first-order valence-electron chi connectivity index (χ1n) is 6.19. The average molecular weight is 295 g/mol. The number of allylic oxidation sites excluding steroid dienone is 2. The Hall–Kier alpha value is -1.72. The number of rotatable bonds is 4. The fourth-order valence-electron chi connectivity index (χ4n) is 2.00. The molecule has 1 heterocycles. The van der Waals surface area contributed by atoms with Gasteiger partial charge in [-0.25, -0.2) is 14.8 Å². The van der Waals surface area contributed by atoms with Gasteiger partial charge in [0.2, 0.25) is 5.06 Å². The summed E-state index contributed by atoms with van der Waals surface area (Å²) in [5.41, 5.74) is 1.12. The SMILES string of the molecule is CCC1=CC=CC(OC(=O)c2cncnc2)C1(Cl)OC. The van der Waals surface area contributed by atoms with E-state index in [0.717, 1.165) is 5.57 Å². The van der Waals surface area contributed by atoms with Crippen LogP contribution in [-0.2, 0) is 9.47 Å². The van der Waals surface area contributed by atoms with Crippen LogP contribution in [0.3, 0.4) is 0 Å². The summed E-state index contributed by atoms with van der Waals surface area (Å²) in [6, 6.07) is 0. The Kier molecular flexibility index (Phi) is 4.52. The third-order valence-corrected chi connectivity index (χ3v) is 3.71. The van der Waals surface area contributed by atoms with Crippen molar-refractivity contribution in [3.05, 3.63) is 48.1 Å². The Bertz CT molecular complexity index is 545. The Morgan fingerprint density at radius 3 is 2.75 bits per heavy atom. The number of halogens is 1. The van der Waals surface area contributed by atoms with Gasteiger partial charge in [0.05, 0.1) is 5.56 Å². The lowest BCUT2D eigenvalue weighted by Crippen LogP contribution is -2.43. The molecule has 2 rings (SSSR count). The second-order valence-corrected chi connectivity index (χ2v) is 4.79. The topological polar surface area (TPSA) is 61.3 Å². The summed E-state index contributed by atoms with van der Waals surface area (Å²) in [4.78, 5) is 19.6. The fourth-order valence-corrected chi connectivity index (χ4v) is 2.32. The zero-order valence-corrected chi connectivity index (χ0v) is 12.0. The number of methoxy groups -OCH3 is 1. The summed E-state index contributed by atoms with van der Waals surface area (Å²) in [5, 5.41) is -1.17. The van der Waals surface area contributed by atoms with Crippen LogP contribution in [0.15, 0.2) is 42.5 Å². The van der Waals surface area contributed by atoms with Gasteiger partial charge in [-0.1, -0.05) is 30.7 Å². The molecule has 2 unspecified atom stereocenters. The number of esters is 1. The summed E-state index contributed by atoms with van der Waals surface area (Å²) in [5.74, 6) is -0.542. The summed E-state index contributed by atoms with van der Waals surface area (Å²) < 4.78 is 10.8. The van der Waals surface area contributed by atoms with Crippen molar-refractivity contribution >= 4 is 17.6 Å². The van der Waals surface area contributed by atoms with E-state index in [9.17, 15) is 4.79 Å². The molecule has 0 radical (unpaired) electrons. The molecule has 0 bridgehead atoms. The van der Waals surface area contributed by atoms with Crippen molar-refractivity contribution in [3.63, 3.8) is 0 Å². The van der Waals surface area contributed by atoms with E-state index in [1.807, 2.05) is 13.0 Å². The highest BCUT2D eigenvalue weighted by Crippen LogP contribution is 2.37. The lowest BCUT2D eigenvalue weighted by Gasteiger charge is -2.35. The van der Waals surface area contributed by atoms with Crippen molar-refractivity contribution in [2.75, 3.05) is 7.11 Å². The number of nitrogens with zero attached hydrogens (tertiary/aromatic N) is 2. The molecule has 0 aromatic carbocycles. The Balaban J connectivity index is 2.19. The van der Waals surface area contributed by atoms with Crippen LogP contribution in [0.4, 0.5) is 0 Å². The lowest BCUT2D eigenvalue weighted by molar-refractivity contribution is -0.0248. The molecule has 20 heavy (non-hydrogen) atoms. The van der Waals surface area contributed by atoms with Gasteiger partial charge in [-0.15, -0.1) is 0 Å². The monoisotopic (exact) mass is 294 g/mol. The minimum atomic E-state index is -1.17. The van der Waals surface area contributed by atoms with Gasteiger partial charge in [0.1, 0.15) is 6.33 Å². The highest BCUT2D eigenvalue weighted by atomic mass is 35.5. The smallest absolute Gasteiger partial charge is 0.342 e. The van der Waals surface area contributed by atoms with Gasteiger partial charge in [-0.2, -0.15) is 0 Å². The Morgan fingerprint density at radius 1 is 1.45 bits per heavy atom. The third-order valence-electron chi connectivity index (χ3n) is 3.10. The largest absolute Gasteiger partial charge is 0.450 e. The zero-order valence-electron chi connectivity index (χ0n) is 11.2. The normalized spacial score (nSPS) is 25.1. The molecule has 1 aromatic rings. The molecular weight excluding hydrogens is 280 g/mol. The van der Waals surface area contributed by atoms with Crippen molar-refractivity contribution in [1.82, 2.24) is 9.97 Å². The number of hydrogen-bond acceptors (Lipinski definition) is 5. The van der Waals surface area contributed by atoms with Crippen molar-refractivity contribution in [1.29, 1.82) is 0 Å². The van der Waals surface area contributed by atoms with Gasteiger partial charge < -0.3 is 9.47 Å². The number of alkyl halides is 1. The number of aromatic nitrogens is 2. The second-order valence-electron chi connectivity index (χ2n) is 4.23. The number of carbonyl (C=O) groups excluding carboxylic acids is 1. The fraction of sp³-hybridized carbons (Fsp3) is 0.357. The zero-order chi connectivity index (χ0) is 14.6. The molecule has 0 spiro atoms. The minimum Gasteiger partial charge on any atom is -0.450 e. The maximum atomic E-state index is 12.0.